The first-order chi connectivity index (χ1) is 8.59. The minimum Gasteiger partial charge on any atom is -0.396 e. The van der Waals surface area contributed by atoms with E-state index in [1.54, 1.807) is 19.4 Å². The van der Waals surface area contributed by atoms with Crippen LogP contribution in [0.1, 0.15) is 21.6 Å². The number of hydrogen-bond donors (Lipinski definition) is 2. The molecule has 2 aromatic heterocycles. The molecule has 0 unspecified atom stereocenters. The highest BCUT2D eigenvalue weighted by molar-refractivity contribution is 5.97. The molecule has 6 nitrogen and oxygen atoms in total. The van der Waals surface area contributed by atoms with Crippen LogP contribution in [0, 0.1) is 6.92 Å². The molecule has 0 aliphatic rings. The van der Waals surface area contributed by atoms with Gasteiger partial charge in [0.15, 0.2) is 0 Å². The highest BCUT2D eigenvalue weighted by atomic mass is 16.2. The second-order valence-corrected chi connectivity index (χ2v) is 4.06. The third kappa shape index (κ3) is 2.32. The summed E-state index contributed by atoms with van der Waals surface area (Å²) in [6.07, 6.45) is 4.93. The van der Waals surface area contributed by atoms with Crippen LogP contribution in [0.15, 0.2) is 24.7 Å². The number of nitrogens with one attached hydrogen (secondary N) is 1. The van der Waals surface area contributed by atoms with Crippen molar-refractivity contribution in [3.8, 4) is 0 Å². The van der Waals surface area contributed by atoms with Crippen LogP contribution in [0.3, 0.4) is 0 Å². The molecule has 0 spiro atoms. The summed E-state index contributed by atoms with van der Waals surface area (Å²) in [4.78, 5) is 16.0. The van der Waals surface area contributed by atoms with Crippen LogP contribution in [-0.2, 0) is 13.6 Å². The minimum atomic E-state index is -0.233. The van der Waals surface area contributed by atoms with E-state index in [1.165, 1.54) is 10.9 Å². The Balaban J connectivity index is 2.08. The number of hydrogen-bond acceptors (Lipinski definition) is 4. The summed E-state index contributed by atoms with van der Waals surface area (Å²) >= 11 is 0. The summed E-state index contributed by atoms with van der Waals surface area (Å²) < 4.78 is 1.46. The predicted molar refractivity (Wildman–Crippen MR) is 67.8 cm³/mol. The Labute approximate surface area is 105 Å². The van der Waals surface area contributed by atoms with Crippen molar-refractivity contribution in [2.45, 2.75) is 13.5 Å². The van der Waals surface area contributed by atoms with E-state index in [0.29, 0.717) is 17.9 Å². The van der Waals surface area contributed by atoms with Gasteiger partial charge in [-0.1, -0.05) is 0 Å². The number of nitrogens with two attached hydrogens (primary N) is 1. The third-order valence-corrected chi connectivity index (χ3v) is 2.76. The molecule has 2 heterocycles. The van der Waals surface area contributed by atoms with Gasteiger partial charge in [-0.25, -0.2) is 0 Å². The lowest BCUT2D eigenvalue weighted by molar-refractivity contribution is 0.0942. The summed E-state index contributed by atoms with van der Waals surface area (Å²) in [6.45, 7) is 2.39. The summed E-state index contributed by atoms with van der Waals surface area (Å²) in [5, 5.41) is 6.75. The van der Waals surface area contributed by atoms with Crippen molar-refractivity contribution in [1.29, 1.82) is 0 Å². The second kappa shape index (κ2) is 4.87. The zero-order valence-electron chi connectivity index (χ0n) is 10.3. The molecule has 0 saturated heterocycles. The maximum atomic E-state index is 12.0. The van der Waals surface area contributed by atoms with Crippen molar-refractivity contribution < 1.29 is 4.79 Å². The van der Waals surface area contributed by atoms with E-state index in [-0.39, 0.29) is 5.91 Å². The Kier molecular flexibility index (Phi) is 3.27. The molecule has 6 heteroatoms. The van der Waals surface area contributed by atoms with Gasteiger partial charge in [-0.3, -0.25) is 14.5 Å². The van der Waals surface area contributed by atoms with Gasteiger partial charge in [0, 0.05) is 26.0 Å². The molecule has 0 saturated carbocycles. The van der Waals surface area contributed by atoms with Crippen LogP contribution in [0.4, 0.5) is 5.69 Å². The van der Waals surface area contributed by atoms with Gasteiger partial charge in [0.25, 0.3) is 5.91 Å². The lowest BCUT2D eigenvalue weighted by Crippen LogP contribution is -2.26. The molecule has 3 N–H and O–H groups in total. The molecular weight excluding hydrogens is 230 g/mol. The van der Waals surface area contributed by atoms with Gasteiger partial charge < -0.3 is 11.1 Å². The SMILES string of the molecule is Cc1cnccc1CNC(=O)c1c(N)cnn1C. The van der Waals surface area contributed by atoms with Crippen LogP contribution in [0.25, 0.3) is 0 Å². The fourth-order valence-electron chi connectivity index (χ4n) is 1.69. The molecule has 0 aliphatic carbocycles. The molecule has 0 fully saturated rings. The van der Waals surface area contributed by atoms with Gasteiger partial charge in [-0.05, 0) is 24.1 Å². The summed E-state index contributed by atoms with van der Waals surface area (Å²) in [6, 6.07) is 1.88. The number of aryl methyl sites for hydroxylation is 2. The van der Waals surface area contributed by atoms with Gasteiger partial charge in [0.1, 0.15) is 5.69 Å². The Bertz CT molecular complexity index is 556. The van der Waals surface area contributed by atoms with E-state index < -0.39 is 0 Å². The number of carbonyl (C=O) groups is 1. The summed E-state index contributed by atoms with van der Waals surface area (Å²) in [5.74, 6) is -0.233. The Hall–Kier alpha value is -2.37. The molecule has 18 heavy (non-hydrogen) atoms. The molecule has 0 aromatic carbocycles. The molecule has 2 rings (SSSR count). The van der Waals surface area contributed by atoms with Gasteiger partial charge in [0.05, 0.1) is 11.9 Å². The third-order valence-electron chi connectivity index (χ3n) is 2.76. The fourth-order valence-corrected chi connectivity index (χ4v) is 1.69. The van der Waals surface area contributed by atoms with Crippen molar-refractivity contribution in [2.24, 2.45) is 7.05 Å². The number of nitrogens with zero attached hydrogens (tertiary/aromatic N) is 3. The van der Waals surface area contributed by atoms with Gasteiger partial charge in [-0.15, -0.1) is 0 Å². The number of carbonyl (C=O) groups excluding carboxylic acids is 1. The van der Waals surface area contributed by atoms with Crippen molar-refractivity contribution >= 4 is 11.6 Å². The van der Waals surface area contributed by atoms with Crippen molar-refractivity contribution in [3.05, 3.63) is 41.5 Å². The van der Waals surface area contributed by atoms with E-state index in [4.69, 9.17) is 5.73 Å². The monoisotopic (exact) mass is 245 g/mol. The smallest absolute Gasteiger partial charge is 0.271 e. The summed E-state index contributed by atoms with van der Waals surface area (Å²) in [5.41, 5.74) is 8.50. The topological polar surface area (TPSA) is 85.8 Å². The number of pyridine rings is 1. The van der Waals surface area contributed by atoms with Crippen molar-refractivity contribution in [2.75, 3.05) is 5.73 Å². The molecule has 0 aliphatic heterocycles. The first-order valence-electron chi connectivity index (χ1n) is 5.54. The van der Waals surface area contributed by atoms with E-state index in [1.807, 2.05) is 13.0 Å². The van der Waals surface area contributed by atoms with E-state index in [9.17, 15) is 4.79 Å². The Morgan fingerprint density at radius 1 is 1.50 bits per heavy atom. The van der Waals surface area contributed by atoms with E-state index in [2.05, 4.69) is 15.4 Å². The van der Waals surface area contributed by atoms with Gasteiger partial charge >= 0.3 is 0 Å². The van der Waals surface area contributed by atoms with Crippen LogP contribution in [-0.4, -0.2) is 20.7 Å². The predicted octanol–water partition coefficient (Wildman–Crippen LogP) is 0.636. The number of anilines is 1. The largest absolute Gasteiger partial charge is 0.396 e. The molecular formula is C12H15N5O. The zero-order valence-corrected chi connectivity index (χ0v) is 10.3. The number of amides is 1. The zero-order chi connectivity index (χ0) is 13.1. The number of nitrogen functional groups attached to an aromatic ring is 1. The molecule has 2 aromatic rings. The average molecular weight is 245 g/mol. The Morgan fingerprint density at radius 2 is 2.28 bits per heavy atom. The summed E-state index contributed by atoms with van der Waals surface area (Å²) in [7, 11) is 1.68. The van der Waals surface area contributed by atoms with Crippen molar-refractivity contribution in [3.63, 3.8) is 0 Å². The number of aromatic nitrogens is 3. The lowest BCUT2D eigenvalue weighted by atomic mass is 10.1. The Morgan fingerprint density at radius 3 is 2.89 bits per heavy atom. The highest BCUT2D eigenvalue weighted by Gasteiger charge is 2.14. The highest BCUT2D eigenvalue weighted by Crippen LogP contribution is 2.10. The molecule has 0 atom stereocenters. The van der Waals surface area contributed by atoms with Crippen LogP contribution in [0.2, 0.25) is 0 Å². The maximum absolute atomic E-state index is 12.0. The lowest BCUT2D eigenvalue weighted by Gasteiger charge is -2.08. The molecule has 94 valence electrons. The number of rotatable bonds is 3. The van der Waals surface area contributed by atoms with Crippen LogP contribution in [0.5, 0.6) is 0 Å². The fraction of sp³-hybridized carbons (Fsp3) is 0.250. The average Bonchev–Trinajstić information content (AvgIpc) is 2.68. The maximum Gasteiger partial charge on any atom is 0.271 e. The molecule has 1 amide bonds. The molecule has 0 radical (unpaired) electrons. The molecule has 0 bridgehead atoms. The minimum absolute atomic E-state index is 0.233. The van der Waals surface area contributed by atoms with Gasteiger partial charge in [0.2, 0.25) is 0 Å². The second-order valence-electron chi connectivity index (χ2n) is 4.06. The normalized spacial score (nSPS) is 10.3. The standard InChI is InChI=1S/C12H15N5O/c1-8-5-14-4-3-9(8)6-15-12(18)11-10(13)7-16-17(11)2/h3-5,7H,6,13H2,1-2H3,(H,15,18). The van der Waals surface area contributed by atoms with Crippen molar-refractivity contribution in [1.82, 2.24) is 20.1 Å². The first-order valence-corrected chi connectivity index (χ1v) is 5.54. The van der Waals surface area contributed by atoms with Gasteiger partial charge in [-0.2, -0.15) is 5.10 Å². The van der Waals surface area contributed by atoms with E-state index >= 15 is 0 Å². The quantitative estimate of drug-likeness (QED) is 0.830. The first kappa shape index (κ1) is 12.1. The van der Waals surface area contributed by atoms with Crippen LogP contribution >= 0.6 is 0 Å². The van der Waals surface area contributed by atoms with E-state index in [0.717, 1.165) is 11.1 Å². The van der Waals surface area contributed by atoms with Crippen LogP contribution < -0.4 is 11.1 Å².